The van der Waals surface area contributed by atoms with Gasteiger partial charge in [0.05, 0.1) is 6.04 Å². The van der Waals surface area contributed by atoms with Gasteiger partial charge < -0.3 is 15.4 Å². The number of hydrogen-bond acceptors (Lipinski definition) is 3. The summed E-state index contributed by atoms with van der Waals surface area (Å²) < 4.78 is 5.31. The molecule has 2 N–H and O–H groups in total. The molecule has 2 unspecified atom stereocenters. The fourth-order valence-corrected chi connectivity index (χ4v) is 2.61. The average Bonchev–Trinajstić information content (AvgIpc) is 2.69. The molecule has 0 aliphatic heterocycles. The van der Waals surface area contributed by atoms with Crippen molar-refractivity contribution in [2.24, 2.45) is 0 Å². The summed E-state index contributed by atoms with van der Waals surface area (Å²) >= 11 is 0. The maximum atomic E-state index is 11.8. The largest absolute Gasteiger partial charge is 0.444 e. The van der Waals surface area contributed by atoms with Crippen molar-refractivity contribution in [3.63, 3.8) is 0 Å². The Bertz CT molecular complexity index is 520. The number of carbonyl (C=O) groups is 1. The van der Waals surface area contributed by atoms with Crippen molar-refractivity contribution in [3.05, 3.63) is 48.0 Å². The van der Waals surface area contributed by atoms with Crippen LogP contribution in [0.25, 0.3) is 0 Å². The first kappa shape index (κ1) is 17.5. The van der Waals surface area contributed by atoms with E-state index in [-0.39, 0.29) is 12.1 Å². The van der Waals surface area contributed by atoms with E-state index < -0.39 is 5.60 Å². The highest BCUT2D eigenvalue weighted by molar-refractivity contribution is 5.68. The van der Waals surface area contributed by atoms with Gasteiger partial charge in [0.15, 0.2) is 0 Å². The molecule has 0 aromatic heterocycles. The van der Waals surface area contributed by atoms with Gasteiger partial charge in [0.1, 0.15) is 5.60 Å². The highest BCUT2D eigenvalue weighted by atomic mass is 16.6. The molecule has 126 valence electrons. The van der Waals surface area contributed by atoms with Gasteiger partial charge in [-0.15, -0.1) is 0 Å². The van der Waals surface area contributed by atoms with Crippen molar-refractivity contribution in [1.82, 2.24) is 10.6 Å². The molecule has 4 nitrogen and oxygen atoms in total. The topological polar surface area (TPSA) is 50.4 Å². The molecule has 2 rings (SSSR count). The molecule has 1 aliphatic rings. The molecule has 1 aliphatic carbocycles. The van der Waals surface area contributed by atoms with E-state index in [2.05, 4.69) is 47.1 Å². The van der Waals surface area contributed by atoms with Crippen molar-refractivity contribution < 1.29 is 9.53 Å². The molecule has 2 atom stereocenters. The molecule has 1 aromatic carbocycles. The number of hydrogen-bond donors (Lipinski definition) is 2. The van der Waals surface area contributed by atoms with E-state index >= 15 is 0 Å². The molecular formula is C19H28N2O2. The van der Waals surface area contributed by atoms with E-state index in [1.54, 1.807) is 0 Å². The number of benzene rings is 1. The van der Waals surface area contributed by atoms with Gasteiger partial charge >= 0.3 is 6.09 Å². The van der Waals surface area contributed by atoms with Crippen LogP contribution in [0.5, 0.6) is 0 Å². The molecule has 0 bridgehead atoms. The Balaban J connectivity index is 1.80. The van der Waals surface area contributed by atoms with Gasteiger partial charge in [0.2, 0.25) is 0 Å². The number of nitrogens with one attached hydrogen (secondary N) is 2. The van der Waals surface area contributed by atoms with Crippen LogP contribution < -0.4 is 10.6 Å². The monoisotopic (exact) mass is 316 g/mol. The van der Waals surface area contributed by atoms with Gasteiger partial charge in [-0.2, -0.15) is 0 Å². The lowest BCUT2D eigenvalue weighted by Gasteiger charge is -2.21. The number of amides is 1. The lowest BCUT2D eigenvalue weighted by Crippen LogP contribution is -2.38. The van der Waals surface area contributed by atoms with E-state index in [0.29, 0.717) is 6.04 Å². The maximum Gasteiger partial charge on any atom is 0.408 e. The SMILES string of the molecule is CC(C)(C)OC(=O)NC1C=CC(NCc2ccccc2)CCC1. The summed E-state index contributed by atoms with van der Waals surface area (Å²) in [7, 11) is 0. The van der Waals surface area contributed by atoms with Gasteiger partial charge in [-0.1, -0.05) is 42.5 Å². The summed E-state index contributed by atoms with van der Waals surface area (Å²) in [5.41, 5.74) is 0.826. The Morgan fingerprint density at radius 3 is 2.48 bits per heavy atom. The fourth-order valence-electron chi connectivity index (χ4n) is 2.61. The van der Waals surface area contributed by atoms with Crippen LogP contribution in [0.3, 0.4) is 0 Å². The third-order valence-corrected chi connectivity index (χ3v) is 3.72. The smallest absolute Gasteiger partial charge is 0.408 e. The zero-order chi connectivity index (χ0) is 16.7. The van der Waals surface area contributed by atoms with Crippen LogP contribution in [-0.2, 0) is 11.3 Å². The summed E-state index contributed by atoms with van der Waals surface area (Å²) in [6.07, 6.45) is 7.00. The Morgan fingerprint density at radius 1 is 1.13 bits per heavy atom. The second-order valence-electron chi connectivity index (χ2n) is 7.04. The second kappa shape index (κ2) is 8.16. The van der Waals surface area contributed by atoms with E-state index in [9.17, 15) is 4.79 Å². The number of ether oxygens (including phenoxy) is 1. The van der Waals surface area contributed by atoms with Crippen LogP contribution in [0.2, 0.25) is 0 Å². The van der Waals surface area contributed by atoms with E-state index in [0.717, 1.165) is 25.8 Å². The van der Waals surface area contributed by atoms with Gasteiger partial charge in [-0.05, 0) is 45.6 Å². The highest BCUT2D eigenvalue weighted by Crippen LogP contribution is 2.14. The predicted octanol–water partition coefficient (Wildman–Crippen LogP) is 3.78. The van der Waals surface area contributed by atoms with Crippen LogP contribution in [0.4, 0.5) is 4.79 Å². The van der Waals surface area contributed by atoms with Crippen LogP contribution in [0, 0.1) is 0 Å². The van der Waals surface area contributed by atoms with Crippen molar-refractivity contribution in [1.29, 1.82) is 0 Å². The summed E-state index contributed by atoms with van der Waals surface area (Å²) in [6, 6.07) is 10.8. The Kier molecular flexibility index (Phi) is 6.22. The molecule has 1 aromatic rings. The molecule has 0 spiro atoms. The van der Waals surface area contributed by atoms with Crippen LogP contribution in [-0.4, -0.2) is 23.8 Å². The molecule has 0 radical (unpaired) electrons. The molecule has 23 heavy (non-hydrogen) atoms. The normalized spacial score (nSPS) is 21.5. The van der Waals surface area contributed by atoms with Crippen molar-refractivity contribution >= 4 is 6.09 Å². The van der Waals surface area contributed by atoms with Gasteiger partial charge in [-0.25, -0.2) is 4.79 Å². The summed E-state index contributed by atoms with van der Waals surface area (Å²) in [5.74, 6) is 0. The lowest BCUT2D eigenvalue weighted by molar-refractivity contribution is 0.0512. The first-order chi connectivity index (χ1) is 10.9. The quantitative estimate of drug-likeness (QED) is 0.831. The van der Waals surface area contributed by atoms with E-state index in [4.69, 9.17) is 4.74 Å². The lowest BCUT2D eigenvalue weighted by atomic mass is 10.1. The fraction of sp³-hybridized carbons (Fsp3) is 0.526. The van der Waals surface area contributed by atoms with Crippen molar-refractivity contribution in [3.8, 4) is 0 Å². The Morgan fingerprint density at radius 2 is 1.78 bits per heavy atom. The Hall–Kier alpha value is -1.81. The minimum atomic E-state index is -0.460. The van der Waals surface area contributed by atoms with Gasteiger partial charge in [0, 0.05) is 12.6 Å². The first-order valence-corrected chi connectivity index (χ1v) is 8.37. The number of rotatable bonds is 4. The minimum absolute atomic E-state index is 0.0494. The molecule has 0 fully saturated rings. The van der Waals surface area contributed by atoms with Crippen LogP contribution >= 0.6 is 0 Å². The Labute approximate surface area is 139 Å². The second-order valence-corrected chi connectivity index (χ2v) is 7.04. The number of alkyl carbamates (subject to hydrolysis) is 1. The molecule has 1 amide bonds. The third-order valence-electron chi connectivity index (χ3n) is 3.72. The average molecular weight is 316 g/mol. The summed E-state index contributed by atoms with van der Waals surface area (Å²) in [6.45, 7) is 6.48. The zero-order valence-corrected chi connectivity index (χ0v) is 14.3. The van der Waals surface area contributed by atoms with Crippen molar-refractivity contribution in [2.45, 2.75) is 64.3 Å². The van der Waals surface area contributed by atoms with Crippen LogP contribution in [0.1, 0.15) is 45.6 Å². The highest BCUT2D eigenvalue weighted by Gasteiger charge is 2.20. The van der Waals surface area contributed by atoms with E-state index in [1.165, 1.54) is 5.56 Å². The standard InChI is InChI=1S/C19H28N2O2/c1-19(2,3)23-18(22)21-17-11-7-10-16(12-13-17)20-14-15-8-5-4-6-9-15/h4-6,8-9,12-13,16-17,20H,7,10-11,14H2,1-3H3,(H,21,22). The van der Waals surface area contributed by atoms with Crippen LogP contribution in [0.15, 0.2) is 42.5 Å². The molecule has 4 heteroatoms. The number of carbonyl (C=O) groups excluding carboxylic acids is 1. The summed E-state index contributed by atoms with van der Waals surface area (Å²) in [4.78, 5) is 11.8. The van der Waals surface area contributed by atoms with Crippen molar-refractivity contribution in [2.75, 3.05) is 0 Å². The minimum Gasteiger partial charge on any atom is -0.444 e. The van der Waals surface area contributed by atoms with E-state index in [1.807, 2.05) is 26.8 Å². The third kappa shape index (κ3) is 6.87. The molecular weight excluding hydrogens is 288 g/mol. The van der Waals surface area contributed by atoms with Gasteiger partial charge in [-0.3, -0.25) is 0 Å². The predicted molar refractivity (Wildman–Crippen MR) is 93.2 cm³/mol. The zero-order valence-electron chi connectivity index (χ0n) is 14.3. The first-order valence-electron chi connectivity index (χ1n) is 8.37. The maximum absolute atomic E-state index is 11.8. The molecule has 0 heterocycles. The molecule has 0 saturated carbocycles. The van der Waals surface area contributed by atoms with Gasteiger partial charge in [0.25, 0.3) is 0 Å². The molecule has 0 saturated heterocycles. The summed E-state index contributed by atoms with van der Waals surface area (Å²) in [5, 5.41) is 6.49.